The summed E-state index contributed by atoms with van der Waals surface area (Å²) in [5.41, 5.74) is 0.299. The highest BCUT2D eigenvalue weighted by Gasteiger charge is 2.35. The van der Waals surface area contributed by atoms with Crippen molar-refractivity contribution in [3.63, 3.8) is 0 Å². The zero-order chi connectivity index (χ0) is 35.2. The van der Waals surface area contributed by atoms with E-state index in [0.717, 1.165) is 4.57 Å². The number of hydrogen-bond acceptors (Lipinski definition) is 5. The molecule has 5 rings (SSSR count). The first-order valence-corrected chi connectivity index (χ1v) is 13.9. The van der Waals surface area contributed by atoms with E-state index >= 15 is 4.39 Å². The molecule has 0 spiro atoms. The van der Waals surface area contributed by atoms with E-state index in [0.29, 0.717) is 16.8 Å². The van der Waals surface area contributed by atoms with Crippen LogP contribution in [0, 0.1) is 12.7 Å². The Kier molecular flexibility index (Phi) is 6.41. The second-order valence-corrected chi connectivity index (χ2v) is 11.1. The van der Waals surface area contributed by atoms with Crippen molar-refractivity contribution in [2.75, 3.05) is 18.0 Å². The lowest BCUT2D eigenvalue weighted by Crippen LogP contribution is -2.59. The Morgan fingerprint density at radius 3 is 2.53 bits per heavy atom. The minimum absolute atomic E-state index is 0.0184. The molecule has 0 aliphatic carbocycles. The SMILES string of the molecule is [2H]C([2H])=Cc1ccccc1-c1cc2c(cc1F)c(N1[C@@H](C)CN(C(=O)C(=C)F)C[C@@H]1C)nc(=O)n2-c1c(C([2H])([2H])[2H])ccnc1C(C)C. The van der Waals surface area contributed by atoms with Gasteiger partial charge >= 0.3 is 5.69 Å². The minimum atomic E-state index is -2.66. The van der Waals surface area contributed by atoms with Gasteiger partial charge in [-0.1, -0.05) is 57.3 Å². The van der Waals surface area contributed by atoms with Crippen molar-refractivity contribution in [1.82, 2.24) is 19.4 Å². The van der Waals surface area contributed by atoms with E-state index in [4.69, 9.17) is 6.85 Å². The van der Waals surface area contributed by atoms with Gasteiger partial charge in [-0.15, -0.1) is 0 Å². The topological polar surface area (TPSA) is 71.3 Å². The third-order valence-corrected chi connectivity index (χ3v) is 7.77. The Balaban J connectivity index is 1.89. The summed E-state index contributed by atoms with van der Waals surface area (Å²) in [5.74, 6) is -2.84. The number of nitrogens with zero attached hydrogens (tertiary/aromatic N) is 5. The van der Waals surface area contributed by atoms with Crippen LogP contribution in [-0.4, -0.2) is 50.5 Å². The standard InChI is InChI=1S/C34H35F2N5O2/c1-8-24-11-9-10-12-25(24)26-16-29-27(15-28(26)36)32(40-21(5)17-39(18-22(40)6)33(42)23(7)35)38-34(43)41(29)31-20(4)13-14-37-30(31)19(2)3/h8-16,19,21-22H,1,7,17-18H2,2-6H3/t21-,22-/m0/s1/i1D2,4D3. The number of anilines is 1. The molecular weight excluding hydrogens is 548 g/mol. The molecule has 43 heavy (non-hydrogen) atoms. The highest BCUT2D eigenvalue weighted by Crippen LogP contribution is 2.37. The Morgan fingerprint density at radius 2 is 1.88 bits per heavy atom. The third kappa shape index (κ3) is 5.24. The molecular formula is C34H35F2N5O2. The zero-order valence-electron chi connectivity index (χ0n) is 29.4. The first kappa shape index (κ1) is 23.9. The van der Waals surface area contributed by atoms with Crippen molar-refractivity contribution in [2.45, 2.75) is 52.5 Å². The highest BCUT2D eigenvalue weighted by atomic mass is 19.1. The number of pyridine rings is 1. The van der Waals surface area contributed by atoms with E-state index in [1.54, 1.807) is 43.0 Å². The van der Waals surface area contributed by atoms with Crippen LogP contribution in [0.1, 0.15) is 57.3 Å². The Hall–Kier alpha value is -4.66. The van der Waals surface area contributed by atoms with Crippen molar-refractivity contribution in [3.8, 4) is 16.8 Å². The average molecular weight is 589 g/mol. The van der Waals surface area contributed by atoms with Crippen LogP contribution in [0.15, 0.2) is 72.4 Å². The van der Waals surface area contributed by atoms with Gasteiger partial charge in [-0.05, 0) is 61.5 Å². The van der Waals surface area contributed by atoms with Gasteiger partial charge in [0.15, 0.2) is 5.83 Å². The van der Waals surface area contributed by atoms with Crippen LogP contribution < -0.4 is 10.6 Å². The number of rotatable bonds is 6. The van der Waals surface area contributed by atoms with Crippen molar-refractivity contribution in [2.24, 2.45) is 0 Å². The molecule has 1 aliphatic heterocycles. The van der Waals surface area contributed by atoms with Crippen LogP contribution in [0.25, 0.3) is 33.8 Å². The number of aromatic nitrogens is 3. The molecule has 7 nitrogen and oxygen atoms in total. The predicted molar refractivity (Wildman–Crippen MR) is 168 cm³/mol. The Bertz CT molecular complexity index is 2010. The van der Waals surface area contributed by atoms with E-state index in [1.165, 1.54) is 35.4 Å². The summed E-state index contributed by atoms with van der Waals surface area (Å²) in [6.07, 6.45) is 2.64. The Morgan fingerprint density at radius 1 is 1.16 bits per heavy atom. The molecule has 0 saturated carbocycles. The largest absolute Gasteiger partial charge is 0.354 e. The molecule has 0 bridgehead atoms. The van der Waals surface area contributed by atoms with Gasteiger partial charge in [0.25, 0.3) is 5.91 Å². The maximum absolute atomic E-state index is 16.4. The number of carbonyl (C=O) groups excluding carboxylic acids is 1. The maximum atomic E-state index is 16.4. The van der Waals surface area contributed by atoms with Crippen LogP contribution in [0.3, 0.4) is 0 Å². The van der Waals surface area contributed by atoms with E-state index < -0.39 is 48.7 Å². The van der Waals surface area contributed by atoms with Gasteiger partial charge in [0, 0.05) is 46.4 Å². The smallest absolute Gasteiger partial charge is 0.347 e. The number of aryl methyl sites for hydroxylation is 1. The Labute approximate surface area is 256 Å². The maximum Gasteiger partial charge on any atom is 0.354 e. The molecule has 9 heteroatoms. The van der Waals surface area contributed by atoms with E-state index in [2.05, 4.69) is 16.5 Å². The predicted octanol–water partition coefficient (Wildman–Crippen LogP) is 6.57. The van der Waals surface area contributed by atoms with Crippen LogP contribution in [-0.2, 0) is 4.79 Å². The van der Waals surface area contributed by atoms with Gasteiger partial charge in [-0.2, -0.15) is 4.98 Å². The number of hydrogen-bond donors (Lipinski definition) is 0. The molecule has 0 radical (unpaired) electrons. The molecule has 222 valence electrons. The number of fused-ring (bicyclic) bond motifs is 1. The molecule has 0 N–H and O–H groups in total. The monoisotopic (exact) mass is 588 g/mol. The number of carbonyl (C=O) groups is 1. The van der Waals surface area contributed by atoms with Crippen LogP contribution in [0.5, 0.6) is 0 Å². The number of amides is 1. The second-order valence-electron chi connectivity index (χ2n) is 11.1. The first-order valence-electron chi connectivity index (χ1n) is 16.4. The molecule has 2 atom stereocenters. The van der Waals surface area contributed by atoms with Crippen molar-refractivity contribution in [1.29, 1.82) is 0 Å². The lowest BCUT2D eigenvalue weighted by molar-refractivity contribution is -0.129. The summed E-state index contributed by atoms with van der Waals surface area (Å²) in [6.45, 7) is 7.28. The molecule has 1 aliphatic rings. The first-order chi connectivity index (χ1) is 22.5. The number of benzene rings is 2. The highest BCUT2D eigenvalue weighted by molar-refractivity contribution is 5.95. The van der Waals surface area contributed by atoms with E-state index in [9.17, 15) is 14.0 Å². The number of piperazine rings is 1. The fourth-order valence-electron chi connectivity index (χ4n) is 5.92. The molecule has 2 aromatic carbocycles. The average Bonchev–Trinajstić information content (AvgIpc) is 2.99. The van der Waals surface area contributed by atoms with Crippen LogP contribution in [0.2, 0.25) is 0 Å². The minimum Gasteiger partial charge on any atom is -0.347 e. The van der Waals surface area contributed by atoms with E-state index in [-0.39, 0.29) is 52.5 Å². The van der Waals surface area contributed by atoms with Gasteiger partial charge in [0.2, 0.25) is 0 Å². The van der Waals surface area contributed by atoms with Gasteiger partial charge in [0.1, 0.15) is 11.6 Å². The van der Waals surface area contributed by atoms with Gasteiger partial charge in [-0.3, -0.25) is 14.3 Å². The van der Waals surface area contributed by atoms with Crippen molar-refractivity contribution < 1.29 is 20.4 Å². The molecule has 1 fully saturated rings. The fraction of sp³-hybridized carbons (Fsp3) is 0.294. The third-order valence-electron chi connectivity index (χ3n) is 7.77. The van der Waals surface area contributed by atoms with Gasteiger partial charge in [0.05, 0.1) is 19.6 Å². The molecule has 0 unspecified atom stereocenters. The normalized spacial score (nSPS) is 18.9. The summed E-state index contributed by atoms with van der Waals surface area (Å²) in [5, 5.41) is 0.189. The lowest BCUT2D eigenvalue weighted by Gasteiger charge is -2.45. The summed E-state index contributed by atoms with van der Waals surface area (Å²) >= 11 is 0. The van der Waals surface area contributed by atoms with Crippen LogP contribution in [0.4, 0.5) is 14.6 Å². The van der Waals surface area contributed by atoms with Gasteiger partial charge < -0.3 is 9.80 Å². The molecule has 3 heterocycles. The molecule has 1 saturated heterocycles. The molecule has 4 aromatic rings. The van der Waals surface area contributed by atoms with Gasteiger partial charge in [-0.25, -0.2) is 13.6 Å². The molecule has 2 aromatic heterocycles. The molecule has 1 amide bonds. The van der Waals surface area contributed by atoms with Crippen molar-refractivity contribution in [3.05, 3.63) is 101 Å². The van der Waals surface area contributed by atoms with Crippen molar-refractivity contribution >= 4 is 28.7 Å². The van der Waals surface area contributed by atoms with E-state index in [1.807, 2.05) is 13.8 Å². The summed E-state index contributed by atoms with van der Waals surface area (Å²) in [6, 6.07) is 9.64. The quantitative estimate of drug-likeness (QED) is 0.238. The zero-order valence-corrected chi connectivity index (χ0v) is 24.4. The second kappa shape index (κ2) is 11.6. The fourth-order valence-corrected chi connectivity index (χ4v) is 5.92. The number of halogens is 2. The summed E-state index contributed by atoms with van der Waals surface area (Å²) in [4.78, 5) is 38.7. The summed E-state index contributed by atoms with van der Waals surface area (Å²) < 4.78 is 71.6. The van der Waals surface area contributed by atoms with Crippen LogP contribution >= 0.6 is 0 Å². The summed E-state index contributed by atoms with van der Waals surface area (Å²) in [7, 11) is 0. The lowest BCUT2D eigenvalue weighted by atomic mass is 9.97.